The van der Waals surface area contributed by atoms with E-state index in [1.54, 1.807) is 36.4 Å². The molecule has 3 rings (SSSR count). The van der Waals surface area contributed by atoms with Gasteiger partial charge in [-0.25, -0.2) is 4.98 Å². The third-order valence-electron chi connectivity index (χ3n) is 4.26. The van der Waals surface area contributed by atoms with Crippen molar-refractivity contribution >= 4 is 40.5 Å². The van der Waals surface area contributed by atoms with Gasteiger partial charge in [0.05, 0.1) is 16.3 Å². The summed E-state index contributed by atoms with van der Waals surface area (Å²) in [6.45, 7) is 5.38. The topological polar surface area (TPSA) is 71.1 Å². The van der Waals surface area contributed by atoms with Gasteiger partial charge in [-0.1, -0.05) is 17.7 Å². The molecule has 2 aromatic carbocycles. The summed E-state index contributed by atoms with van der Waals surface area (Å²) in [5.74, 6) is 0.333. The largest absolute Gasteiger partial charge is 0.340 e. The fourth-order valence-electron chi connectivity index (χ4n) is 2.80. The lowest BCUT2D eigenvalue weighted by Crippen LogP contribution is -2.13. The maximum absolute atomic E-state index is 12.5. The molecule has 6 heteroatoms. The summed E-state index contributed by atoms with van der Waals surface area (Å²) in [4.78, 5) is 28.1. The molecule has 0 radical (unpaired) electrons. The molecule has 3 aromatic rings. The zero-order valence-corrected chi connectivity index (χ0v) is 16.6. The Labute approximate surface area is 168 Å². The Hall–Kier alpha value is -3.18. The number of carbonyl (C=O) groups is 2. The number of aromatic nitrogens is 1. The van der Waals surface area contributed by atoms with E-state index < -0.39 is 0 Å². The zero-order chi connectivity index (χ0) is 20.3. The van der Waals surface area contributed by atoms with Crippen molar-refractivity contribution < 1.29 is 9.59 Å². The fraction of sp³-hybridized carbons (Fsp3) is 0.136. The average Bonchev–Trinajstić information content (AvgIpc) is 2.65. The van der Waals surface area contributed by atoms with Gasteiger partial charge >= 0.3 is 0 Å². The van der Waals surface area contributed by atoms with Crippen molar-refractivity contribution in [3.05, 3.63) is 82.0 Å². The van der Waals surface area contributed by atoms with Gasteiger partial charge in [-0.15, -0.1) is 0 Å². The Morgan fingerprint density at radius 3 is 2.21 bits per heavy atom. The van der Waals surface area contributed by atoms with Crippen molar-refractivity contribution in [2.75, 3.05) is 10.6 Å². The molecule has 0 fully saturated rings. The Morgan fingerprint density at radius 1 is 0.964 bits per heavy atom. The molecule has 0 saturated heterocycles. The van der Waals surface area contributed by atoms with Crippen LogP contribution in [0.4, 0.5) is 17.2 Å². The molecule has 0 aliphatic carbocycles. The molecular weight excluding hydrogens is 374 g/mol. The molecule has 28 heavy (non-hydrogen) atoms. The lowest BCUT2D eigenvalue weighted by Gasteiger charge is -2.12. The molecular formula is C22H20ClN3O2. The van der Waals surface area contributed by atoms with E-state index >= 15 is 0 Å². The summed E-state index contributed by atoms with van der Waals surface area (Å²) >= 11 is 6.25. The summed E-state index contributed by atoms with van der Waals surface area (Å²) < 4.78 is 0. The van der Waals surface area contributed by atoms with E-state index in [4.69, 9.17) is 11.6 Å². The van der Waals surface area contributed by atoms with Crippen LogP contribution < -0.4 is 10.6 Å². The third kappa shape index (κ3) is 4.56. The van der Waals surface area contributed by atoms with E-state index in [-0.39, 0.29) is 11.7 Å². The number of hydrogen-bond acceptors (Lipinski definition) is 4. The standard InChI is InChI=1S/C22H20ClN3O2/c1-13-10-14(2)21(19(23)11-13)26-22(28)17-6-9-20(24-12-17)25-18-7-4-16(5-8-18)15(3)27/h4-12H,1-3H3,(H,24,25)(H,26,28). The third-order valence-corrected chi connectivity index (χ3v) is 4.56. The van der Waals surface area contributed by atoms with Gasteiger partial charge in [0.25, 0.3) is 5.91 Å². The lowest BCUT2D eigenvalue weighted by molar-refractivity contribution is 0.101. The molecule has 0 aliphatic rings. The van der Waals surface area contributed by atoms with Crippen molar-refractivity contribution in [3.8, 4) is 0 Å². The van der Waals surface area contributed by atoms with Gasteiger partial charge in [-0.3, -0.25) is 9.59 Å². The first-order valence-corrected chi connectivity index (χ1v) is 9.13. The Kier molecular flexibility index (Phi) is 5.76. The average molecular weight is 394 g/mol. The molecule has 1 aromatic heterocycles. The highest BCUT2D eigenvalue weighted by Crippen LogP contribution is 2.28. The Morgan fingerprint density at radius 2 is 1.64 bits per heavy atom. The van der Waals surface area contributed by atoms with Gasteiger partial charge in [-0.05, 0) is 74.4 Å². The molecule has 0 atom stereocenters. The maximum atomic E-state index is 12.5. The van der Waals surface area contributed by atoms with Gasteiger partial charge in [0.15, 0.2) is 5.78 Å². The second-order valence-electron chi connectivity index (χ2n) is 6.58. The number of ketones is 1. The molecule has 0 aliphatic heterocycles. The number of anilines is 3. The highest BCUT2D eigenvalue weighted by Gasteiger charge is 2.12. The van der Waals surface area contributed by atoms with Crippen LogP contribution in [0.2, 0.25) is 5.02 Å². The van der Waals surface area contributed by atoms with E-state index in [0.29, 0.717) is 27.7 Å². The van der Waals surface area contributed by atoms with Crippen molar-refractivity contribution in [2.24, 2.45) is 0 Å². The van der Waals surface area contributed by atoms with Crippen molar-refractivity contribution in [2.45, 2.75) is 20.8 Å². The number of amides is 1. The number of Topliss-reactive ketones (excluding diaryl/α,β-unsaturated/α-hetero) is 1. The number of hydrogen-bond donors (Lipinski definition) is 2. The van der Waals surface area contributed by atoms with Crippen molar-refractivity contribution in [1.29, 1.82) is 0 Å². The molecule has 0 spiro atoms. The van der Waals surface area contributed by atoms with E-state index in [1.807, 2.05) is 26.0 Å². The normalized spacial score (nSPS) is 10.4. The molecule has 5 nitrogen and oxygen atoms in total. The first-order chi connectivity index (χ1) is 13.3. The van der Waals surface area contributed by atoms with Gasteiger partial charge < -0.3 is 10.6 Å². The van der Waals surface area contributed by atoms with Crippen LogP contribution in [-0.2, 0) is 0 Å². The second-order valence-corrected chi connectivity index (χ2v) is 6.99. The Bertz CT molecular complexity index is 1010. The van der Waals surface area contributed by atoms with Crippen LogP contribution in [0.15, 0.2) is 54.7 Å². The van der Waals surface area contributed by atoms with Crippen LogP contribution in [0.1, 0.15) is 38.8 Å². The summed E-state index contributed by atoms with van der Waals surface area (Å²) in [6.07, 6.45) is 1.50. The summed E-state index contributed by atoms with van der Waals surface area (Å²) in [7, 11) is 0. The summed E-state index contributed by atoms with van der Waals surface area (Å²) in [5.41, 5.74) is 4.42. The number of pyridine rings is 1. The number of aryl methyl sites for hydroxylation is 2. The number of halogens is 1. The van der Waals surface area contributed by atoms with E-state index in [9.17, 15) is 9.59 Å². The minimum absolute atomic E-state index is 0.0176. The van der Waals surface area contributed by atoms with Crippen LogP contribution >= 0.6 is 11.6 Å². The molecule has 1 heterocycles. The smallest absolute Gasteiger partial charge is 0.257 e. The monoisotopic (exact) mass is 393 g/mol. The molecule has 142 valence electrons. The van der Waals surface area contributed by atoms with E-state index in [0.717, 1.165) is 16.8 Å². The quantitative estimate of drug-likeness (QED) is 0.557. The number of carbonyl (C=O) groups excluding carboxylic acids is 2. The SMILES string of the molecule is CC(=O)c1ccc(Nc2ccc(C(=O)Nc3c(C)cc(C)cc3Cl)cn2)cc1. The van der Waals surface area contributed by atoms with Gasteiger partial charge in [-0.2, -0.15) is 0 Å². The number of benzene rings is 2. The first-order valence-electron chi connectivity index (χ1n) is 8.75. The van der Waals surface area contributed by atoms with E-state index in [1.165, 1.54) is 13.1 Å². The molecule has 0 saturated carbocycles. The first kappa shape index (κ1) is 19.6. The molecule has 1 amide bonds. The molecule has 0 unspecified atom stereocenters. The van der Waals surface area contributed by atoms with Gasteiger partial charge in [0.1, 0.15) is 5.82 Å². The van der Waals surface area contributed by atoms with Gasteiger partial charge in [0.2, 0.25) is 0 Å². The molecule has 2 N–H and O–H groups in total. The van der Waals surface area contributed by atoms with Crippen molar-refractivity contribution in [3.63, 3.8) is 0 Å². The van der Waals surface area contributed by atoms with Crippen LogP contribution in [0, 0.1) is 13.8 Å². The number of nitrogens with zero attached hydrogens (tertiary/aromatic N) is 1. The minimum Gasteiger partial charge on any atom is -0.340 e. The number of nitrogens with one attached hydrogen (secondary N) is 2. The van der Waals surface area contributed by atoms with Crippen molar-refractivity contribution in [1.82, 2.24) is 4.98 Å². The lowest BCUT2D eigenvalue weighted by atomic mass is 10.1. The maximum Gasteiger partial charge on any atom is 0.257 e. The predicted octanol–water partition coefficient (Wildman–Crippen LogP) is 5.55. The summed E-state index contributed by atoms with van der Waals surface area (Å²) in [5, 5.41) is 6.49. The highest BCUT2D eigenvalue weighted by atomic mass is 35.5. The van der Waals surface area contributed by atoms with Crippen LogP contribution in [0.5, 0.6) is 0 Å². The summed E-state index contributed by atoms with van der Waals surface area (Å²) in [6, 6.07) is 14.3. The number of rotatable bonds is 5. The minimum atomic E-state index is -0.279. The fourth-order valence-corrected chi connectivity index (χ4v) is 3.17. The van der Waals surface area contributed by atoms with E-state index in [2.05, 4.69) is 15.6 Å². The highest BCUT2D eigenvalue weighted by molar-refractivity contribution is 6.34. The Balaban J connectivity index is 1.70. The van der Waals surface area contributed by atoms with Crippen LogP contribution in [0.25, 0.3) is 0 Å². The molecule has 0 bridgehead atoms. The van der Waals surface area contributed by atoms with Crippen LogP contribution in [-0.4, -0.2) is 16.7 Å². The zero-order valence-electron chi connectivity index (χ0n) is 15.8. The predicted molar refractivity (Wildman–Crippen MR) is 113 cm³/mol. The van der Waals surface area contributed by atoms with Gasteiger partial charge in [0, 0.05) is 17.4 Å². The second kappa shape index (κ2) is 8.23. The van der Waals surface area contributed by atoms with Crippen LogP contribution in [0.3, 0.4) is 0 Å².